The molecule has 0 unspecified atom stereocenters. The average Bonchev–Trinajstić information content (AvgIpc) is 2.75. The Labute approximate surface area is 181 Å². The molecule has 7 nitrogen and oxygen atoms in total. The molecule has 3 rings (SSSR count). The smallest absolute Gasteiger partial charge is 0.238 e. The number of carbonyl (C=O) groups is 2. The SMILES string of the molecule is COc1cc(OC)c(NC(=O)CN2CCC[C@@H](C(=O)Nc3ccccc3)C2)cc1Cl. The molecule has 30 heavy (non-hydrogen) atoms. The number of nitrogens with one attached hydrogen (secondary N) is 2. The molecule has 0 radical (unpaired) electrons. The number of ether oxygens (including phenoxy) is 2. The zero-order valence-corrected chi connectivity index (χ0v) is 17.9. The van der Waals surface area contributed by atoms with Crippen LogP contribution in [-0.4, -0.2) is 50.6 Å². The van der Waals surface area contributed by atoms with E-state index in [1.165, 1.54) is 14.2 Å². The van der Waals surface area contributed by atoms with Gasteiger partial charge in [0.2, 0.25) is 11.8 Å². The highest BCUT2D eigenvalue weighted by atomic mass is 35.5. The molecule has 2 N–H and O–H groups in total. The Hall–Kier alpha value is -2.77. The highest BCUT2D eigenvalue weighted by Gasteiger charge is 2.27. The molecule has 0 aliphatic carbocycles. The molecule has 1 saturated heterocycles. The minimum atomic E-state index is -0.196. The number of nitrogens with zero attached hydrogens (tertiary/aromatic N) is 1. The Morgan fingerprint density at radius 2 is 1.83 bits per heavy atom. The molecule has 160 valence electrons. The Balaban J connectivity index is 1.58. The molecule has 0 aromatic heterocycles. The van der Waals surface area contributed by atoms with E-state index in [0.717, 1.165) is 25.1 Å². The lowest BCUT2D eigenvalue weighted by Crippen LogP contribution is -2.44. The summed E-state index contributed by atoms with van der Waals surface area (Å²) in [5, 5.41) is 6.17. The highest BCUT2D eigenvalue weighted by molar-refractivity contribution is 6.32. The van der Waals surface area contributed by atoms with E-state index in [1.54, 1.807) is 12.1 Å². The summed E-state index contributed by atoms with van der Waals surface area (Å²) >= 11 is 6.17. The molecular weight excluding hydrogens is 406 g/mol. The van der Waals surface area contributed by atoms with Gasteiger partial charge in [0.15, 0.2) is 0 Å². The first kappa shape index (κ1) is 21.9. The van der Waals surface area contributed by atoms with Crippen LogP contribution in [-0.2, 0) is 9.59 Å². The van der Waals surface area contributed by atoms with Crippen molar-refractivity contribution in [2.45, 2.75) is 12.8 Å². The van der Waals surface area contributed by atoms with E-state index in [-0.39, 0.29) is 24.3 Å². The largest absolute Gasteiger partial charge is 0.495 e. The van der Waals surface area contributed by atoms with Crippen LogP contribution in [0.5, 0.6) is 11.5 Å². The fourth-order valence-electron chi connectivity index (χ4n) is 3.53. The molecular formula is C22H26ClN3O4. The van der Waals surface area contributed by atoms with Gasteiger partial charge in [0, 0.05) is 18.3 Å². The fourth-order valence-corrected chi connectivity index (χ4v) is 3.77. The van der Waals surface area contributed by atoms with E-state index in [0.29, 0.717) is 28.8 Å². The lowest BCUT2D eigenvalue weighted by Gasteiger charge is -2.31. The summed E-state index contributed by atoms with van der Waals surface area (Å²) < 4.78 is 10.5. The van der Waals surface area contributed by atoms with Gasteiger partial charge in [-0.05, 0) is 37.6 Å². The number of methoxy groups -OCH3 is 2. The van der Waals surface area contributed by atoms with Gasteiger partial charge in [0.25, 0.3) is 0 Å². The van der Waals surface area contributed by atoms with Crippen LogP contribution in [0.1, 0.15) is 12.8 Å². The summed E-state index contributed by atoms with van der Waals surface area (Å²) in [4.78, 5) is 27.2. The maximum absolute atomic E-state index is 12.6. The molecule has 0 spiro atoms. The minimum absolute atomic E-state index is 0.0186. The Morgan fingerprint density at radius 3 is 2.53 bits per heavy atom. The first-order valence-electron chi connectivity index (χ1n) is 9.79. The van der Waals surface area contributed by atoms with E-state index in [2.05, 4.69) is 10.6 Å². The van der Waals surface area contributed by atoms with Gasteiger partial charge in [-0.15, -0.1) is 0 Å². The van der Waals surface area contributed by atoms with Crippen LogP contribution >= 0.6 is 11.6 Å². The topological polar surface area (TPSA) is 79.9 Å². The average molecular weight is 432 g/mol. The quantitative estimate of drug-likeness (QED) is 0.699. The zero-order valence-electron chi connectivity index (χ0n) is 17.1. The normalized spacial score (nSPS) is 16.6. The Morgan fingerprint density at radius 1 is 1.10 bits per heavy atom. The Kier molecular flexibility index (Phi) is 7.54. The molecule has 2 aromatic carbocycles. The van der Waals surface area contributed by atoms with Gasteiger partial charge in [-0.3, -0.25) is 14.5 Å². The lowest BCUT2D eigenvalue weighted by atomic mass is 9.97. The van der Waals surface area contributed by atoms with Crippen LogP contribution in [0.3, 0.4) is 0 Å². The van der Waals surface area contributed by atoms with Gasteiger partial charge in [-0.1, -0.05) is 29.8 Å². The first-order valence-corrected chi connectivity index (χ1v) is 10.2. The zero-order chi connectivity index (χ0) is 21.5. The van der Waals surface area contributed by atoms with Crippen molar-refractivity contribution < 1.29 is 19.1 Å². The number of piperidine rings is 1. The van der Waals surface area contributed by atoms with Crippen molar-refractivity contribution in [1.82, 2.24) is 4.90 Å². The van der Waals surface area contributed by atoms with Crippen molar-refractivity contribution in [1.29, 1.82) is 0 Å². The van der Waals surface area contributed by atoms with Crippen LogP contribution in [0.4, 0.5) is 11.4 Å². The van der Waals surface area contributed by atoms with Crippen molar-refractivity contribution in [3.05, 3.63) is 47.5 Å². The number of carbonyl (C=O) groups excluding carboxylic acids is 2. The van der Waals surface area contributed by atoms with Crippen LogP contribution < -0.4 is 20.1 Å². The van der Waals surface area contributed by atoms with Crippen LogP contribution in [0.15, 0.2) is 42.5 Å². The maximum Gasteiger partial charge on any atom is 0.238 e. The molecule has 2 aromatic rings. The third-order valence-electron chi connectivity index (χ3n) is 5.03. The summed E-state index contributed by atoms with van der Waals surface area (Å²) in [7, 11) is 3.03. The number of likely N-dealkylation sites (tertiary alicyclic amines) is 1. The molecule has 0 bridgehead atoms. The van der Waals surface area contributed by atoms with Gasteiger partial charge >= 0.3 is 0 Å². The second kappa shape index (κ2) is 10.3. The van der Waals surface area contributed by atoms with Gasteiger partial charge in [0.1, 0.15) is 11.5 Å². The molecule has 1 fully saturated rings. The molecule has 1 atom stereocenters. The van der Waals surface area contributed by atoms with Crippen molar-refractivity contribution in [3.63, 3.8) is 0 Å². The van der Waals surface area contributed by atoms with Crippen LogP contribution in [0, 0.1) is 5.92 Å². The summed E-state index contributed by atoms with van der Waals surface area (Å²) in [6.07, 6.45) is 1.66. The van der Waals surface area contributed by atoms with Crippen LogP contribution in [0.25, 0.3) is 0 Å². The number of halogens is 1. The number of anilines is 2. The predicted octanol–water partition coefficient (Wildman–Crippen LogP) is 3.65. The molecule has 2 amide bonds. The molecule has 1 heterocycles. The van der Waals surface area contributed by atoms with E-state index in [1.807, 2.05) is 35.2 Å². The molecule has 1 aliphatic heterocycles. The molecule has 0 saturated carbocycles. The number of amides is 2. The van der Waals surface area contributed by atoms with Crippen molar-refractivity contribution >= 4 is 34.8 Å². The Bertz CT molecular complexity index is 891. The molecule has 8 heteroatoms. The van der Waals surface area contributed by atoms with Gasteiger partial charge in [0.05, 0.1) is 37.4 Å². The van der Waals surface area contributed by atoms with E-state index < -0.39 is 0 Å². The number of benzene rings is 2. The van der Waals surface area contributed by atoms with Gasteiger partial charge < -0.3 is 20.1 Å². The third-order valence-corrected chi connectivity index (χ3v) is 5.33. The summed E-state index contributed by atoms with van der Waals surface area (Å²) in [6.45, 7) is 1.48. The summed E-state index contributed by atoms with van der Waals surface area (Å²) in [5.41, 5.74) is 1.25. The van der Waals surface area contributed by atoms with Crippen molar-refractivity contribution in [3.8, 4) is 11.5 Å². The van der Waals surface area contributed by atoms with Gasteiger partial charge in [-0.25, -0.2) is 0 Å². The number of rotatable bonds is 7. The van der Waals surface area contributed by atoms with Gasteiger partial charge in [-0.2, -0.15) is 0 Å². The predicted molar refractivity (Wildman–Crippen MR) is 117 cm³/mol. The minimum Gasteiger partial charge on any atom is -0.495 e. The standard InChI is InChI=1S/C22H26ClN3O4/c1-29-19-12-20(30-2)18(11-17(19)23)25-21(27)14-26-10-6-7-15(13-26)22(28)24-16-8-4-3-5-9-16/h3-5,8-9,11-12,15H,6-7,10,13-14H2,1-2H3,(H,24,28)(H,25,27)/t15-/m1/s1. The van der Waals surface area contributed by atoms with Crippen molar-refractivity contribution in [2.24, 2.45) is 5.92 Å². The maximum atomic E-state index is 12.6. The van der Waals surface area contributed by atoms with Crippen LogP contribution in [0.2, 0.25) is 5.02 Å². The monoisotopic (exact) mass is 431 g/mol. The first-order chi connectivity index (χ1) is 14.5. The van der Waals surface area contributed by atoms with E-state index >= 15 is 0 Å². The summed E-state index contributed by atoms with van der Waals surface area (Å²) in [6, 6.07) is 12.6. The van der Waals surface area contributed by atoms with Crippen molar-refractivity contribution in [2.75, 3.05) is 44.5 Å². The second-order valence-electron chi connectivity index (χ2n) is 7.16. The third kappa shape index (κ3) is 5.64. The number of para-hydroxylation sites is 1. The highest BCUT2D eigenvalue weighted by Crippen LogP contribution is 2.35. The second-order valence-corrected chi connectivity index (χ2v) is 7.57. The van der Waals surface area contributed by atoms with E-state index in [9.17, 15) is 9.59 Å². The number of hydrogen-bond donors (Lipinski definition) is 2. The summed E-state index contributed by atoms with van der Waals surface area (Å²) in [5.74, 6) is 0.559. The van der Waals surface area contributed by atoms with E-state index in [4.69, 9.17) is 21.1 Å². The fraction of sp³-hybridized carbons (Fsp3) is 0.364. The number of hydrogen-bond acceptors (Lipinski definition) is 5. The lowest BCUT2D eigenvalue weighted by molar-refractivity contribution is -0.123. The molecule has 1 aliphatic rings.